The van der Waals surface area contributed by atoms with Crippen LogP contribution >= 0.6 is 22.9 Å². The van der Waals surface area contributed by atoms with Gasteiger partial charge in [-0.15, -0.1) is 11.3 Å². The van der Waals surface area contributed by atoms with Crippen molar-refractivity contribution in [2.24, 2.45) is 0 Å². The van der Waals surface area contributed by atoms with Gasteiger partial charge in [-0.1, -0.05) is 11.6 Å². The van der Waals surface area contributed by atoms with Crippen molar-refractivity contribution in [2.75, 3.05) is 31.1 Å². The first-order valence-electron chi connectivity index (χ1n) is 10.1. The van der Waals surface area contributed by atoms with Crippen LogP contribution in [0.3, 0.4) is 0 Å². The normalized spacial score (nSPS) is 14.4. The molecule has 4 heterocycles. The van der Waals surface area contributed by atoms with E-state index in [4.69, 9.17) is 16.0 Å². The lowest BCUT2D eigenvalue weighted by Crippen LogP contribution is -2.49. The van der Waals surface area contributed by atoms with E-state index in [0.717, 1.165) is 34.7 Å². The zero-order valence-corrected chi connectivity index (χ0v) is 18.3. The van der Waals surface area contributed by atoms with Crippen LogP contribution in [0.15, 0.2) is 52.7 Å². The Balaban J connectivity index is 1.15. The smallest absolute Gasteiger partial charge is 0.223 e. The molecule has 3 aromatic heterocycles. The molecule has 0 aliphatic carbocycles. The molecule has 4 aromatic rings. The van der Waals surface area contributed by atoms with Gasteiger partial charge in [-0.25, -0.2) is 15.0 Å². The zero-order valence-electron chi connectivity index (χ0n) is 16.7. The first-order valence-corrected chi connectivity index (χ1v) is 11.3. The Kier molecular flexibility index (Phi) is 5.57. The SMILES string of the molecule is O=C(CCc1ncc(-c2ccc(Cl)cc2)o1)N1CCN(c2ncnc3sccc23)CC1. The van der Waals surface area contributed by atoms with E-state index >= 15 is 0 Å². The number of benzene rings is 1. The highest BCUT2D eigenvalue weighted by molar-refractivity contribution is 7.16. The summed E-state index contributed by atoms with van der Waals surface area (Å²) in [6.07, 6.45) is 4.16. The predicted octanol–water partition coefficient (Wildman–Crippen LogP) is 4.28. The third kappa shape index (κ3) is 4.26. The van der Waals surface area contributed by atoms with Gasteiger partial charge in [-0.2, -0.15) is 0 Å². The summed E-state index contributed by atoms with van der Waals surface area (Å²) >= 11 is 7.54. The number of halogens is 1. The monoisotopic (exact) mass is 453 g/mol. The number of aryl methyl sites for hydroxylation is 1. The molecule has 1 aliphatic heterocycles. The summed E-state index contributed by atoms with van der Waals surface area (Å²) in [5, 5.41) is 3.78. The maximum absolute atomic E-state index is 12.7. The van der Waals surface area contributed by atoms with Crippen LogP contribution in [-0.4, -0.2) is 51.9 Å². The number of aromatic nitrogens is 3. The molecule has 0 saturated carbocycles. The molecular formula is C22H20ClN5O2S. The molecule has 0 spiro atoms. The van der Waals surface area contributed by atoms with Gasteiger partial charge in [0, 0.05) is 49.6 Å². The van der Waals surface area contributed by atoms with Gasteiger partial charge in [0.2, 0.25) is 5.91 Å². The van der Waals surface area contributed by atoms with Gasteiger partial charge in [0.1, 0.15) is 17.0 Å². The van der Waals surface area contributed by atoms with Crippen LogP contribution in [0.2, 0.25) is 5.02 Å². The Morgan fingerprint density at radius 3 is 2.68 bits per heavy atom. The van der Waals surface area contributed by atoms with Crippen molar-refractivity contribution < 1.29 is 9.21 Å². The molecule has 9 heteroatoms. The molecule has 0 radical (unpaired) electrons. The number of rotatable bonds is 5. The highest BCUT2D eigenvalue weighted by atomic mass is 35.5. The largest absolute Gasteiger partial charge is 0.441 e. The zero-order chi connectivity index (χ0) is 21.2. The first kappa shape index (κ1) is 20.0. The Bertz CT molecular complexity index is 1200. The van der Waals surface area contributed by atoms with Crippen molar-refractivity contribution >= 4 is 44.9 Å². The van der Waals surface area contributed by atoms with Gasteiger partial charge in [-0.3, -0.25) is 4.79 Å². The van der Waals surface area contributed by atoms with Gasteiger partial charge < -0.3 is 14.2 Å². The number of amides is 1. The van der Waals surface area contributed by atoms with E-state index in [1.165, 1.54) is 0 Å². The number of thiophene rings is 1. The van der Waals surface area contributed by atoms with E-state index in [2.05, 4.69) is 25.9 Å². The van der Waals surface area contributed by atoms with Crippen molar-refractivity contribution in [1.29, 1.82) is 0 Å². The van der Waals surface area contributed by atoms with Crippen LogP contribution in [0, 0.1) is 0 Å². The molecule has 1 saturated heterocycles. The lowest BCUT2D eigenvalue weighted by atomic mass is 10.2. The average molecular weight is 454 g/mol. The second-order valence-electron chi connectivity index (χ2n) is 7.33. The quantitative estimate of drug-likeness (QED) is 0.449. The maximum Gasteiger partial charge on any atom is 0.223 e. The number of fused-ring (bicyclic) bond motifs is 1. The standard InChI is InChI=1S/C22H20ClN5O2S/c23-16-3-1-15(2-4-16)18-13-24-19(30-18)5-6-20(29)27-8-10-28(11-9-27)21-17-7-12-31-22(17)26-14-25-21/h1-4,7,12-14H,5-6,8-11H2. The topological polar surface area (TPSA) is 75.4 Å². The molecule has 1 fully saturated rings. The molecule has 0 N–H and O–H groups in total. The van der Waals surface area contributed by atoms with Crippen LogP contribution in [0.5, 0.6) is 0 Å². The number of carbonyl (C=O) groups excluding carboxylic acids is 1. The number of carbonyl (C=O) groups is 1. The molecule has 1 amide bonds. The minimum Gasteiger partial charge on any atom is -0.441 e. The molecule has 1 aromatic carbocycles. The Hall–Kier alpha value is -2.97. The van der Waals surface area contributed by atoms with E-state index < -0.39 is 0 Å². The lowest BCUT2D eigenvalue weighted by Gasteiger charge is -2.35. The van der Waals surface area contributed by atoms with Crippen LogP contribution < -0.4 is 4.90 Å². The number of hydrogen-bond acceptors (Lipinski definition) is 7. The average Bonchev–Trinajstić information content (AvgIpc) is 3.47. The second-order valence-corrected chi connectivity index (χ2v) is 8.66. The fraction of sp³-hybridized carbons (Fsp3) is 0.273. The third-order valence-electron chi connectivity index (χ3n) is 5.41. The van der Waals surface area contributed by atoms with Gasteiger partial charge in [-0.05, 0) is 35.7 Å². The Morgan fingerprint density at radius 1 is 1.06 bits per heavy atom. The Morgan fingerprint density at radius 2 is 1.87 bits per heavy atom. The molecular weight excluding hydrogens is 434 g/mol. The minimum atomic E-state index is 0.120. The summed E-state index contributed by atoms with van der Waals surface area (Å²) in [5.74, 6) is 2.32. The maximum atomic E-state index is 12.7. The van der Waals surface area contributed by atoms with Gasteiger partial charge in [0.25, 0.3) is 0 Å². The van der Waals surface area contributed by atoms with Crippen molar-refractivity contribution in [3.05, 3.63) is 59.1 Å². The molecule has 5 rings (SSSR count). The van der Waals surface area contributed by atoms with E-state index in [-0.39, 0.29) is 5.91 Å². The molecule has 7 nitrogen and oxygen atoms in total. The number of nitrogens with zero attached hydrogens (tertiary/aromatic N) is 5. The van der Waals surface area contributed by atoms with E-state index in [0.29, 0.717) is 42.6 Å². The summed E-state index contributed by atoms with van der Waals surface area (Å²) in [7, 11) is 0. The van der Waals surface area contributed by atoms with Crippen LogP contribution in [-0.2, 0) is 11.2 Å². The highest BCUT2D eigenvalue weighted by Crippen LogP contribution is 2.27. The summed E-state index contributed by atoms with van der Waals surface area (Å²) < 4.78 is 5.81. The van der Waals surface area contributed by atoms with Crippen LogP contribution in [0.25, 0.3) is 21.5 Å². The van der Waals surface area contributed by atoms with E-state index in [1.807, 2.05) is 34.5 Å². The highest BCUT2D eigenvalue weighted by Gasteiger charge is 2.23. The van der Waals surface area contributed by atoms with Crippen molar-refractivity contribution in [2.45, 2.75) is 12.8 Å². The summed E-state index contributed by atoms with van der Waals surface area (Å²) in [5.41, 5.74) is 0.912. The summed E-state index contributed by atoms with van der Waals surface area (Å²) in [6.45, 7) is 2.87. The van der Waals surface area contributed by atoms with E-state index in [1.54, 1.807) is 23.9 Å². The summed E-state index contributed by atoms with van der Waals surface area (Å²) in [4.78, 5) is 30.9. The first-order chi connectivity index (χ1) is 15.2. The predicted molar refractivity (Wildman–Crippen MR) is 121 cm³/mol. The fourth-order valence-corrected chi connectivity index (χ4v) is 4.60. The van der Waals surface area contributed by atoms with Gasteiger partial charge >= 0.3 is 0 Å². The lowest BCUT2D eigenvalue weighted by molar-refractivity contribution is -0.131. The Labute approximate surface area is 188 Å². The third-order valence-corrected chi connectivity index (χ3v) is 6.48. The minimum absolute atomic E-state index is 0.120. The second kappa shape index (κ2) is 8.64. The van der Waals surface area contributed by atoms with Crippen LogP contribution in [0.4, 0.5) is 5.82 Å². The molecule has 31 heavy (non-hydrogen) atoms. The fourth-order valence-electron chi connectivity index (χ4n) is 3.74. The number of hydrogen-bond donors (Lipinski definition) is 0. The summed E-state index contributed by atoms with van der Waals surface area (Å²) in [6, 6.07) is 9.46. The van der Waals surface area contributed by atoms with Gasteiger partial charge in [0.05, 0.1) is 11.6 Å². The number of piperazine rings is 1. The molecule has 0 atom stereocenters. The van der Waals surface area contributed by atoms with Crippen LogP contribution in [0.1, 0.15) is 12.3 Å². The molecule has 158 valence electrons. The number of oxazole rings is 1. The molecule has 1 aliphatic rings. The van der Waals surface area contributed by atoms with Gasteiger partial charge in [0.15, 0.2) is 11.7 Å². The number of anilines is 1. The van der Waals surface area contributed by atoms with Crippen molar-refractivity contribution in [1.82, 2.24) is 19.9 Å². The molecule has 0 unspecified atom stereocenters. The van der Waals surface area contributed by atoms with Crippen molar-refractivity contribution in [3.63, 3.8) is 0 Å². The van der Waals surface area contributed by atoms with Crippen molar-refractivity contribution in [3.8, 4) is 11.3 Å². The van der Waals surface area contributed by atoms with E-state index in [9.17, 15) is 4.79 Å². The molecule has 0 bridgehead atoms.